The molecule has 0 unspecified atom stereocenters. The third-order valence-electron chi connectivity index (χ3n) is 2.65. The Hall–Kier alpha value is -1.39. The second-order valence-electron chi connectivity index (χ2n) is 3.68. The van der Waals surface area contributed by atoms with Crippen molar-refractivity contribution < 1.29 is 0 Å². The SMILES string of the molecule is CCc1nnc2cnc3cc(Cl)c(Cl)cc3n12. The maximum Gasteiger partial charge on any atom is 0.179 e. The van der Waals surface area contributed by atoms with Crippen molar-refractivity contribution in [1.29, 1.82) is 0 Å². The summed E-state index contributed by atoms with van der Waals surface area (Å²) >= 11 is 12.0. The average Bonchev–Trinajstić information content (AvgIpc) is 2.74. The van der Waals surface area contributed by atoms with Gasteiger partial charge in [-0.2, -0.15) is 0 Å². The van der Waals surface area contributed by atoms with Crippen LogP contribution in [0.3, 0.4) is 0 Å². The van der Waals surface area contributed by atoms with Crippen molar-refractivity contribution in [3.8, 4) is 0 Å². The largest absolute Gasteiger partial charge is 0.276 e. The van der Waals surface area contributed by atoms with Crippen LogP contribution < -0.4 is 0 Å². The van der Waals surface area contributed by atoms with E-state index in [2.05, 4.69) is 15.2 Å². The lowest BCUT2D eigenvalue weighted by Crippen LogP contribution is -1.96. The molecule has 1 aromatic carbocycles. The number of hydrogen-bond donors (Lipinski definition) is 0. The lowest BCUT2D eigenvalue weighted by molar-refractivity contribution is 0.921. The number of hydrogen-bond acceptors (Lipinski definition) is 3. The molecule has 17 heavy (non-hydrogen) atoms. The van der Waals surface area contributed by atoms with E-state index in [4.69, 9.17) is 23.2 Å². The van der Waals surface area contributed by atoms with Crippen LogP contribution in [-0.4, -0.2) is 19.6 Å². The van der Waals surface area contributed by atoms with Gasteiger partial charge < -0.3 is 0 Å². The molecular formula is C11H8Cl2N4. The van der Waals surface area contributed by atoms with Crippen molar-refractivity contribution in [1.82, 2.24) is 19.6 Å². The number of nitrogens with zero attached hydrogens (tertiary/aromatic N) is 4. The summed E-state index contributed by atoms with van der Waals surface area (Å²) in [5, 5.41) is 9.18. The highest BCUT2D eigenvalue weighted by molar-refractivity contribution is 6.42. The van der Waals surface area contributed by atoms with Crippen molar-refractivity contribution in [2.45, 2.75) is 13.3 Å². The van der Waals surface area contributed by atoms with E-state index in [1.54, 1.807) is 18.3 Å². The average molecular weight is 267 g/mol. The first kappa shape index (κ1) is 10.7. The van der Waals surface area contributed by atoms with Crippen LogP contribution in [0.2, 0.25) is 10.0 Å². The van der Waals surface area contributed by atoms with E-state index in [0.717, 1.165) is 23.3 Å². The van der Waals surface area contributed by atoms with Gasteiger partial charge in [0, 0.05) is 6.42 Å². The maximum atomic E-state index is 6.04. The molecule has 0 saturated carbocycles. The second-order valence-corrected chi connectivity index (χ2v) is 4.49. The first-order chi connectivity index (χ1) is 8.20. The predicted octanol–water partition coefficient (Wildman–Crippen LogP) is 3.15. The fourth-order valence-electron chi connectivity index (χ4n) is 1.84. The molecule has 86 valence electrons. The topological polar surface area (TPSA) is 43.1 Å². The van der Waals surface area contributed by atoms with Crippen LogP contribution in [0.15, 0.2) is 18.3 Å². The molecule has 0 atom stereocenters. The van der Waals surface area contributed by atoms with E-state index in [1.165, 1.54) is 0 Å². The van der Waals surface area contributed by atoms with Gasteiger partial charge in [-0.1, -0.05) is 30.1 Å². The first-order valence-electron chi connectivity index (χ1n) is 5.18. The molecule has 0 N–H and O–H groups in total. The lowest BCUT2D eigenvalue weighted by atomic mass is 10.3. The molecule has 2 heterocycles. The van der Waals surface area contributed by atoms with Crippen molar-refractivity contribution in [2.24, 2.45) is 0 Å². The number of fused-ring (bicyclic) bond motifs is 3. The smallest absolute Gasteiger partial charge is 0.179 e. The molecule has 3 aromatic rings. The summed E-state index contributed by atoms with van der Waals surface area (Å²) in [6, 6.07) is 3.54. The molecule has 0 fully saturated rings. The summed E-state index contributed by atoms with van der Waals surface area (Å²) in [5.41, 5.74) is 2.37. The van der Waals surface area contributed by atoms with Crippen molar-refractivity contribution in [3.63, 3.8) is 0 Å². The molecule has 6 heteroatoms. The van der Waals surface area contributed by atoms with Crippen LogP contribution in [0.4, 0.5) is 0 Å². The van der Waals surface area contributed by atoms with Crippen LogP contribution in [0.5, 0.6) is 0 Å². The lowest BCUT2D eigenvalue weighted by Gasteiger charge is -2.04. The third-order valence-corrected chi connectivity index (χ3v) is 3.37. The number of rotatable bonds is 1. The van der Waals surface area contributed by atoms with E-state index in [9.17, 15) is 0 Å². The van der Waals surface area contributed by atoms with Crippen molar-refractivity contribution >= 4 is 39.9 Å². The molecule has 4 nitrogen and oxygen atoms in total. The molecule has 0 bridgehead atoms. The summed E-state index contributed by atoms with van der Waals surface area (Å²) < 4.78 is 1.95. The minimum atomic E-state index is 0.497. The molecule has 0 amide bonds. The van der Waals surface area contributed by atoms with E-state index in [0.29, 0.717) is 15.7 Å². The predicted molar refractivity (Wildman–Crippen MR) is 67.7 cm³/mol. The zero-order valence-corrected chi connectivity index (χ0v) is 10.5. The molecule has 3 rings (SSSR count). The van der Waals surface area contributed by atoms with Gasteiger partial charge in [0.25, 0.3) is 0 Å². The monoisotopic (exact) mass is 266 g/mol. The van der Waals surface area contributed by atoms with Crippen LogP contribution in [0.25, 0.3) is 16.7 Å². The Labute approximate surface area is 107 Å². The maximum absolute atomic E-state index is 6.04. The molecule has 0 radical (unpaired) electrons. The molecular weight excluding hydrogens is 259 g/mol. The van der Waals surface area contributed by atoms with Gasteiger partial charge in [-0.3, -0.25) is 9.38 Å². The molecule has 0 saturated heterocycles. The van der Waals surface area contributed by atoms with Gasteiger partial charge in [0.15, 0.2) is 5.65 Å². The Kier molecular flexibility index (Phi) is 2.42. The normalized spacial score (nSPS) is 11.5. The zero-order chi connectivity index (χ0) is 12.0. The quantitative estimate of drug-likeness (QED) is 0.680. The fourth-order valence-corrected chi connectivity index (χ4v) is 2.16. The van der Waals surface area contributed by atoms with E-state index < -0.39 is 0 Å². The van der Waals surface area contributed by atoms with E-state index >= 15 is 0 Å². The Balaban J connectivity index is 2.53. The Morgan fingerprint density at radius 1 is 1.18 bits per heavy atom. The highest BCUT2D eigenvalue weighted by atomic mass is 35.5. The van der Waals surface area contributed by atoms with Gasteiger partial charge in [0.05, 0.1) is 27.3 Å². The van der Waals surface area contributed by atoms with Crippen LogP contribution in [-0.2, 0) is 6.42 Å². The van der Waals surface area contributed by atoms with Gasteiger partial charge in [-0.25, -0.2) is 0 Å². The Bertz CT molecular complexity index is 720. The molecule has 2 aromatic heterocycles. The van der Waals surface area contributed by atoms with E-state index in [1.807, 2.05) is 11.3 Å². The van der Waals surface area contributed by atoms with E-state index in [-0.39, 0.29) is 0 Å². The van der Waals surface area contributed by atoms with Crippen LogP contribution in [0.1, 0.15) is 12.7 Å². The van der Waals surface area contributed by atoms with Gasteiger partial charge in [-0.05, 0) is 12.1 Å². The van der Waals surface area contributed by atoms with Crippen molar-refractivity contribution in [2.75, 3.05) is 0 Å². The van der Waals surface area contributed by atoms with Gasteiger partial charge in [0.1, 0.15) is 5.82 Å². The standard InChI is InChI=1S/C11H8Cl2N4/c1-2-10-15-16-11-5-14-8-3-6(12)7(13)4-9(8)17(10)11/h3-5H,2H2,1H3. The summed E-state index contributed by atoms with van der Waals surface area (Å²) in [6.45, 7) is 2.03. The third kappa shape index (κ3) is 1.56. The fraction of sp³-hybridized carbons (Fsp3) is 0.182. The number of halogens is 2. The Morgan fingerprint density at radius 3 is 2.71 bits per heavy atom. The molecule has 0 aliphatic heterocycles. The highest BCUT2D eigenvalue weighted by Crippen LogP contribution is 2.27. The minimum Gasteiger partial charge on any atom is -0.276 e. The summed E-state index contributed by atoms with van der Waals surface area (Å²) in [4.78, 5) is 4.29. The van der Waals surface area contributed by atoms with Crippen LogP contribution >= 0.6 is 23.2 Å². The highest BCUT2D eigenvalue weighted by Gasteiger charge is 2.10. The zero-order valence-electron chi connectivity index (χ0n) is 8.98. The van der Waals surface area contributed by atoms with Crippen LogP contribution in [0, 0.1) is 0 Å². The number of aromatic nitrogens is 4. The number of aryl methyl sites for hydroxylation is 1. The summed E-state index contributed by atoms with van der Waals surface area (Å²) in [6.07, 6.45) is 2.47. The Morgan fingerprint density at radius 2 is 1.94 bits per heavy atom. The van der Waals surface area contributed by atoms with Gasteiger partial charge >= 0.3 is 0 Å². The molecule has 0 aliphatic carbocycles. The van der Waals surface area contributed by atoms with Gasteiger partial charge in [0.2, 0.25) is 0 Å². The summed E-state index contributed by atoms with van der Waals surface area (Å²) in [5.74, 6) is 0.880. The van der Waals surface area contributed by atoms with Gasteiger partial charge in [-0.15, -0.1) is 10.2 Å². The van der Waals surface area contributed by atoms with Crippen molar-refractivity contribution in [3.05, 3.63) is 34.2 Å². The first-order valence-corrected chi connectivity index (χ1v) is 5.94. The molecule has 0 spiro atoms. The summed E-state index contributed by atoms with van der Waals surface area (Å²) in [7, 11) is 0. The minimum absolute atomic E-state index is 0.497. The molecule has 0 aliphatic rings. The second kappa shape index (κ2) is 3.82. The number of benzene rings is 1.